The number of carbonyl (C=O) groups excluding carboxylic acids is 1. The van der Waals surface area contributed by atoms with E-state index in [0.29, 0.717) is 0 Å². The molecule has 0 aliphatic heterocycles. The summed E-state index contributed by atoms with van der Waals surface area (Å²) in [4.78, 5) is 11.3. The quantitative estimate of drug-likeness (QED) is 0.679. The van der Waals surface area contributed by atoms with Crippen LogP contribution in [0.2, 0.25) is 0 Å². The van der Waals surface area contributed by atoms with E-state index in [1.54, 1.807) is 12.1 Å². The van der Waals surface area contributed by atoms with E-state index in [1.165, 1.54) is 18.6 Å². The van der Waals surface area contributed by atoms with E-state index in [2.05, 4.69) is 0 Å². The molecule has 0 atom stereocenters. The van der Waals surface area contributed by atoms with E-state index in [9.17, 15) is 9.18 Å². The minimum Gasteiger partial charge on any atom is -0.302 e. The normalized spacial score (nSPS) is 19.8. The van der Waals surface area contributed by atoms with Gasteiger partial charge in [0.15, 0.2) is 0 Å². The average Bonchev–Trinajstić information content (AvgIpc) is 2.31. The van der Waals surface area contributed by atoms with E-state index >= 15 is 0 Å². The molecule has 15 heavy (non-hydrogen) atoms. The third kappa shape index (κ3) is 1.94. The maximum atomic E-state index is 12.8. The lowest BCUT2D eigenvalue weighted by Crippen LogP contribution is -2.30. The fourth-order valence-corrected chi connectivity index (χ4v) is 2.44. The Labute approximate surface area is 89.3 Å². The Hall–Kier alpha value is -1.18. The second kappa shape index (κ2) is 4.13. The second-order valence-electron chi connectivity index (χ2n) is 4.34. The SMILES string of the molecule is O=CC1(c2ccc(F)cc2)CCCCC1. The molecule has 0 aromatic heterocycles. The molecule has 0 bridgehead atoms. The summed E-state index contributed by atoms with van der Waals surface area (Å²) in [6.45, 7) is 0. The van der Waals surface area contributed by atoms with Crippen molar-refractivity contribution in [1.29, 1.82) is 0 Å². The topological polar surface area (TPSA) is 17.1 Å². The molecule has 80 valence electrons. The lowest BCUT2D eigenvalue weighted by Gasteiger charge is -2.32. The molecular weight excluding hydrogens is 191 g/mol. The van der Waals surface area contributed by atoms with Crippen LogP contribution in [0.1, 0.15) is 37.7 Å². The van der Waals surface area contributed by atoms with Crippen LogP contribution in [0.3, 0.4) is 0 Å². The molecule has 1 saturated carbocycles. The number of rotatable bonds is 2. The highest BCUT2D eigenvalue weighted by Gasteiger charge is 2.33. The highest BCUT2D eigenvalue weighted by Crippen LogP contribution is 2.37. The Kier molecular flexibility index (Phi) is 2.85. The molecule has 0 amide bonds. The number of benzene rings is 1. The van der Waals surface area contributed by atoms with E-state index in [0.717, 1.165) is 37.5 Å². The van der Waals surface area contributed by atoms with Crippen molar-refractivity contribution in [2.24, 2.45) is 0 Å². The Morgan fingerprint density at radius 1 is 1.07 bits per heavy atom. The molecule has 0 radical (unpaired) electrons. The van der Waals surface area contributed by atoms with Gasteiger partial charge >= 0.3 is 0 Å². The van der Waals surface area contributed by atoms with Gasteiger partial charge in [-0.15, -0.1) is 0 Å². The van der Waals surface area contributed by atoms with E-state index in [1.807, 2.05) is 0 Å². The minimum atomic E-state index is -0.341. The monoisotopic (exact) mass is 206 g/mol. The van der Waals surface area contributed by atoms with Crippen LogP contribution in [-0.4, -0.2) is 6.29 Å². The van der Waals surface area contributed by atoms with Crippen LogP contribution >= 0.6 is 0 Å². The standard InChI is InChI=1S/C13H15FO/c14-12-6-4-11(5-7-12)13(10-15)8-2-1-3-9-13/h4-7,10H,1-3,8-9H2. The first-order valence-electron chi connectivity index (χ1n) is 5.49. The molecule has 0 unspecified atom stereocenters. The summed E-state index contributed by atoms with van der Waals surface area (Å²) in [5.41, 5.74) is 0.630. The van der Waals surface area contributed by atoms with Crippen LogP contribution in [-0.2, 0) is 10.2 Å². The first-order valence-corrected chi connectivity index (χ1v) is 5.49. The molecule has 1 aromatic carbocycles. The number of hydrogen-bond acceptors (Lipinski definition) is 1. The maximum absolute atomic E-state index is 12.8. The van der Waals surface area contributed by atoms with Crippen molar-refractivity contribution in [2.75, 3.05) is 0 Å². The fourth-order valence-electron chi connectivity index (χ4n) is 2.44. The van der Waals surface area contributed by atoms with Gasteiger partial charge in [0.25, 0.3) is 0 Å². The van der Waals surface area contributed by atoms with Crippen molar-refractivity contribution in [1.82, 2.24) is 0 Å². The van der Waals surface area contributed by atoms with E-state index < -0.39 is 0 Å². The van der Waals surface area contributed by atoms with Crippen molar-refractivity contribution < 1.29 is 9.18 Å². The number of hydrogen-bond donors (Lipinski definition) is 0. The Balaban J connectivity index is 2.32. The van der Waals surface area contributed by atoms with Gasteiger partial charge in [-0.2, -0.15) is 0 Å². The van der Waals surface area contributed by atoms with Crippen molar-refractivity contribution in [2.45, 2.75) is 37.5 Å². The van der Waals surface area contributed by atoms with Gasteiger partial charge in [-0.1, -0.05) is 31.4 Å². The molecule has 1 aromatic rings. The first kappa shape index (κ1) is 10.3. The van der Waals surface area contributed by atoms with Gasteiger partial charge in [-0.3, -0.25) is 0 Å². The van der Waals surface area contributed by atoms with Crippen LogP contribution in [0.25, 0.3) is 0 Å². The zero-order chi connectivity index (χ0) is 10.7. The minimum absolute atomic E-state index is 0.240. The molecule has 0 saturated heterocycles. The van der Waals surface area contributed by atoms with Crippen molar-refractivity contribution in [3.05, 3.63) is 35.6 Å². The van der Waals surface area contributed by atoms with Gasteiger partial charge < -0.3 is 4.79 Å². The summed E-state index contributed by atoms with van der Waals surface area (Å²) < 4.78 is 12.8. The van der Waals surface area contributed by atoms with Crippen LogP contribution in [0, 0.1) is 5.82 Å². The molecule has 2 heteroatoms. The summed E-state index contributed by atoms with van der Waals surface area (Å²) in [6, 6.07) is 6.37. The lowest BCUT2D eigenvalue weighted by atomic mass is 9.70. The summed E-state index contributed by atoms with van der Waals surface area (Å²) in [7, 11) is 0. The van der Waals surface area contributed by atoms with Gasteiger partial charge in [0.05, 0.1) is 5.41 Å². The third-order valence-electron chi connectivity index (χ3n) is 3.39. The fraction of sp³-hybridized carbons (Fsp3) is 0.462. The third-order valence-corrected chi connectivity index (χ3v) is 3.39. The molecule has 1 fully saturated rings. The second-order valence-corrected chi connectivity index (χ2v) is 4.34. The Morgan fingerprint density at radius 3 is 2.20 bits per heavy atom. The predicted molar refractivity (Wildman–Crippen MR) is 57.2 cm³/mol. The van der Waals surface area contributed by atoms with E-state index in [-0.39, 0.29) is 11.2 Å². The maximum Gasteiger partial charge on any atom is 0.130 e. The summed E-state index contributed by atoms with van der Waals surface area (Å²) in [6.07, 6.45) is 6.26. The zero-order valence-corrected chi connectivity index (χ0v) is 8.71. The van der Waals surface area contributed by atoms with Gasteiger partial charge in [0.1, 0.15) is 12.1 Å². The molecule has 1 nitrogen and oxygen atoms in total. The van der Waals surface area contributed by atoms with Crippen LogP contribution in [0.4, 0.5) is 4.39 Å². The smallest absolute Gasteiger partial charge is 0.130 e. The molecule has 1 aliphatic carbocycles. The molecule has 1 aliphatic rings. The van der Waals surface area contributed by atoms with Gasteiger partial charge in [-0.05, 0) is 30.5 Å². The van der Waals surface area contributed by atoms with Crippen molar-refractivity contribution in [3.8, 4) is 0 Å². The van der Waals surface area contributed by atoms with Gasteiger partial charge in [0, 0.05) is 0 Å². The molecule has 2 rings (SSSR count). The molecule has 0 spiro atoms. The number of aldehydes is 1. The Bertz CT molecular complexity index is 336. The summed E-state index contributed by atoms with van der Waals surface area (Å²) >= 11 is 0. The Morgan fingerprint density at radius 2 is 1.67 bits per heavy atom. The molecule has 0 heterocycles. The number of carbonyl (C=O) groups is 1. The average molecular weight is 206 g/mol. The van der Waals surface area contributed by atoms with E-state index in [4.69, 9.17) is 0 Å². The largest absolute Gasteiger partial charge is 0.302 e. The molecular formula is C13H15FO. The highest BCUT2D eigenvalue weighted by atomic mass is 19.1. The first-order chi connectivity index (χ1) is 7.27. The summed E-state index contributed by atoms with van der Waals surface area (Å²) in [5, 5.41) is 0. The van der Waals surface area contributed by atoms with Gasteiger partial charge in [-0.25, -0.2) is 4.39 Å². The lowest BCUT2D eigenvalue weighted by molar-refractivity contribution is -0.113. The zero-order valence-electron chi connectivity index (χ0n) is 8.71. The van der Waals surface area contributed by atoms with Crippen LogP contribution in [0.5, 0.6) is 0 Å². The summed E-state index contributed by atoms with van der Waals surface area (Å²) in [5.74, 6) is -0.240. The highest BCUT2D eigenvalue weighted by molar-refractivity contribution is 5.68. The number of halogens is 1. The van der Waals surface area contributed by atoms with Crippen LogP contribution < -0.4 is 0 Å². The predicted octanol–water partition coefficient (Wildman–Crippen LogP) is 3.23. The van der Waals surface area contributed by atoms with Crippen LogP contribution in [0.15, 0.2) is 24.3 Å². The molecule has 0 N–H and O–H groups in total. The van der Waals surface area contributed by atoms with Gasteiger partial charge in [0.2, 0.25) is 0 Å². The van der Waals surface area contributed by atoms with Crippen molar-refractivity contribution in [3.63, 3.8) is 0 Å². The van der Waals surface area contributed by atoms with Crippen molar-refractivity contribution >= 4 is 6.29 Å².